The molecule has 0 aliphatic rings. The van der Waals surface area contributed by atoms with Gasteiger partial charge in [-0.15, -0.1) is 24.0 Å². The second kappa shape index (κ2) is 11.3. The predicted octanol–water partition coefficient (Wildman–Crippen LogP) is 3.81. The van der Waals surface area contributed by atoms with E-state index in [0.29, 0.717) is 13.0 Å². The summed E-state index contributed by atoms with van der Waals surface area (Å²) in [7, 11) is 1.42. The number of nitrogens with zero attached hydrogens (tertiary/aromatic N) is 1. The number of benzene rings is 1. The fourth-order valence-electron chi connectivity index (χ4n) is 2.02. The molecule has 1 rings (SSSR count). The van der Waals surface area contributed by atoms with Crippen molar-refractivity contribution in [2.75, 3.05) is 20.2 Å². The average molecular weight is 471 g/mol. The van der Waals surface area contributed by atoms with E-state index in [4.69, 9.17) is 4.74 Å². The van der Waals surface area contributed by atoms with Gasteiger partial charge in [0.25, 0.3) is 0 Å². The molecule has 25 heavy (non-hydrogen) atoms. The summed E-state index contributed by atoms with van der Waals surface area (Å²) in [6, 6.07) is 5.00. The lowest BCUT2D eigenvalue weighted by Gasteiger charge is -2.23. The molecular weight excluding hydrogens is 443 g/mol. The molecule has 1 aromatic carbocycles. The standard InChI is InChI=1S/C17H27F2N3O2.HI/c1-6-20-16(22-17(2,3)4)21-10-9-12-7-8-13(23-5)14(11-12)24-15(18)19;/h7-8,11,15H,6,9-10H2,1-5H3,(H2,20,21,22);1H. The molecule has 0 saturated carbocycles. The minimum Gasteiger partial charge on any atom is -0.493 e. The predicted molar refractivity (Wildman–Crippen MR) is 108 cm³/mol. The first-order valence-electron chi connectivity index (χ1n) is 7.93. The molecule has 0 fully saturated rings. The van der Waals surface area contributed by atoms with E-state index in [1.165, 1.54) is 7.11 Å². The van der Waals surface area contributed by atoms with E-state index in [-0.39, 0.29) is 41.0 Å². The van der Waals surface area contributed by atoms with Crippen LogP contribution in [-0.2, 0) is 6.42 Å². The van der Waals surface area contributed by atoms with Gasteiger partial charge < -0.3 is 20.1 Å². The lowest BCUT2D eigenvalue weighted by Crippen LogP contribution is -2.47. The first kappa shape index (κ1) is 23.7. The van der Waals surface area contributed by atoms with Gasteiger partial charge in [-0.2, -0.15) is 8.78 Å². The molecule has 0 amide bonds. The van der Waals surface area contributed by atoms with Crippen molar-refractivity contribution >= 4 is 29.9 Å². The number of alkyl halides is 2. The Kier molecular flexibility index (Phi) is 10.7. The van der Waals surface area contributed by atoms with E-state index in [2.05, 4.69) is 41.1 Å². The van der Waals surface area contributed by atoms with E-state index in [1.54, 1.807) is 12.1 Å². The quantitative estimate of drug-likeness (QED) is 0.361. The van der Waals surface area contributed by atoms with Gasteiger partial charge in [0.1, 0.15) is 0 Å². The molecule has 2 N–H and O–H groups in total. The molecule has 1 aromatic rings. The molecule has 0 aliphatic heterocycles. The molecule has 0 saturated heterocycles. The van der Waals surface area contributed by atoms with Crippen molar-refractivity contribution in [2.45, 2.75) is 46.3 Å². The van der Waals surface area contributed by atoms with Gasteiger partial charge in [-0.1, -0.05) is 6.07 Å². The maximum Gasteiger partial charge on any atom is 0.387 e. The van der Waals surface area contributed by atoms with E-state index in [9.17, 15) is 8.78 Å². The summed E-state index contributed by atoms with van der Waals surface area (Å²) in [5.74, 6) is 1.04. The van der Waals surface area contributed by atoms with E-state index < -0.39 is 6.61 Å². The third-order valence-electron chi connectivity index (χ3n) is 2.95. The maximum absolute atomic E-state index is 12.5. The van der Waals surface area contributed by atoms with Gasteiger partial charge in [0.05, 0.1) is 7.11 Å². The summed E-state index contributed by atoms with van der Waals surface area (Å²) < 4.78 is 34.4. The van der Waals surface area contributed by atoms with Crippen molar-refractivity contribution in [1.29, 1.82) is 0 Å². The summed E-state index contributed by atoms with van der Waals surface area (Å²) in [6.07, 6.45) is 0.601. The Morgan fingerprint density at radius 1 is 1.24 bits per heavy atom. The van der Waals surface area contributed by atoms with Crippen LogP contribution in [0.5, 0.6) is 11.5 Å². The van der Waals surface area contributed by atoms with Crippen LogP contribution in [0.25, 0.3) is 0 Å². The molecule has 0 unspecified atom stereocenters. The number of methoxy groups -OCH3 is 1. The van der Waals surface area contributed by atoms with Crippen molar-refractivity contribution < 1.29 is 18.3 Å². The molecule has 5 nitrogen and oxygen atoms in total. The van der Waals surface area contributed by atoms with E-state index in [0.717, 1.165) is 18.1 Å². The average Bonchev–Trinajstić information content (AvgIpc) is 2.45. The van der Waals surface area contributed by atoms with Gasteiger partial charge in [-0.25, -0.2) is 0 Å². The maximum atomic E-state index is 12.5. The van der Waals surface area contributed by atoms with Crippen molar-refractivity contribution in [2.24, 2.45) is 4.99 Å². The van der Waals surface area contributed by atoms with Crippen LogP contribution >= 0.6 is 24.0 Å². The fourth-order valence-corrected chi connectivity index (χ4v) is 2.02. The highest BCUT2D eigenvalue weighted by atomic mass is 127. The molecule has 0 bridgehead atoms. The number of hydrogen-bond donors (Lipinski definition) is 2. The summed E-state index contributed by atoms with van der Waals surface area (Å²) in [5.41, 5.74) is 0.751. The van der Waals surface area contributed by atoms with Gasteiger partial charge in [0.2, 0.25) is 0 Å². The molecule has 0 heterocycles. The summed E-state index contributed by atoms with van der Waals surface area (Å²) in [5, 5.41) is 6.47. The van der Waals surface area contributed by atoms with Gasteiger partial charge in [0, 0.05) is 18.6 Å². The van der Waals surface area contributed by atoms with Crippen molar-refractivity contribution in [3.8, 4) is 11.5 Å². The van der Waals surface area contributed by atoms with Crippen molar-refractivity contribution in [3.05, 3.63) is 23.8 Å². The van der Waals surface area contributed by atoms with Crippen LogP contribution in [0, 0.1) is 0 Å². The summed E-state index contributed by atoms with van der Waals surface area (Å²) in [4.78, 5) is 4.50. The summed E-state index contributed by atoms with van der Waals surface area (Å²) >= 11 is 0. The SMILES string of the molecule is CCNC(=NCCc1ccc(OC)c(OC(F)F)c1)NC(C)(C)C.I. The van der Waals surface area contributed by atoms with E-state index >= 15 is 0 Å². The zero-order valence-corrected chi connectivity index (χ0v) is 17.7. The first-order valence-corrected chi connectivity index (χ1v) is 7.93. The molecule has 0 aromatic heterocycles. The molecule has 0 spiro atoms. The highest BCUT2D eigenvalue weighted by molar-refractivity contribution is 14.0. The van der Waals surface area contributed by atoms with Crippen LogP contribution in [0.4, 0.5) is 8.78 Å². The van der Waals surface area contributed by atoms with Crippen LogP contribution in [-0.4, -0.2) is 38.3 Å². The molecule has 0 aliphatic carbocycles. The number of aliphatic imine (C=N–C) groups is 1. The minimum absolute atomic E-state index is 0. The van der Waals surface area contributed by atoms with Gasteiger partial charge in [-0.05, 0) is 51.8 Å². The number of ether oxygens (including phenoxy) is 2. The monoisotopic (exact) mass is 471 g/mol. The van der Waals surface area contributed by atoms with Crippen LogP contribution in [0.15, 0.2) is 23.2 Å². The third-order valence-corrected chi connectivity index (χ3v) is 2.95. The van der Waals surface area contributed by atoms with E-state index in [1.807, 2.05) is 13.0 Å². The van der Waals surface area contributed by atoms with Crippen molar-refractivity contribution in [3.63, 3.8) is 0 Å². The molecule has 0 atom stereocenters. The smallest absolute Gasteiger partial charge is 0.387 e. The Bertz CT molecular complexity index is 549. The Hall–Kier alpha value is -1.32. The second-order valence-corrected chi connectivity index (χ2v) is 6.25. The normalized spacial score (nSPS) is 11.8. The van der Waals surface area contributed by atoms with Crippen LogP contribution in [0.3, 0.4) is 0 Å². The molecule has 0 radical (unpaired) electrons. The third kappa shape index (κ3) is 9.66. The number of rotatable bonds is 7. The second-order valence-electron chi connectivity index (χ2n) is 6.25. The summed E-state index contributed by atoms with van der Waals surface area (Å²) in [6.45, 7) is 6.55. The Morgan fingerprint density at radius 3 is 2.44 bits per heavy atom. The largest absolute Gasteiger partial charge is 0.493 e. The lowest BCUT2D eigenvalue weighted by molar-refractivity contribution is -0.0512. The van der Waals surface area contributed by atoms with Crippen LogP contribution in [0.2, 0.25) is 0 Å². The zero-order valence-electron chi connectivity index (χ0n) is 15.4. The minimum atomic E-state index is -2.89. The number of nitrogens with one attached hydrogen (secondary N) is 2. The van der Waals surface area contributed by atoms with Gasteiger partial charge in [0.15, 0.2) is 17.5 Å². The Balaban J connectivity index is 0.00000576. The first-order chi connectivity index (χ1) is 11.2. The molecule has 144 valence electrons. The highest BCUT2D eigenvalue weighted by Crippen LogP contribution is 2.29. The van der Waals surface area contributed by atoms with Crippen LogP contribution < -0.4 is 20.1 Å². The van der Waals surface area contributed by atoms with Gasteiger partial charge >= 0.3 is 6.61 Å². The highest BCUT2D eigenvalue weighted by Gasteiger charge is 2.13. The molecular formula is C17H28F2IN3O2. The zero-order chi connectivity index (χ0) is 18.2. The Labute approximate surface area is 165 Å². The lowest BCUT2D eigenvalue weighted by atomic mass is 10.1. The number of hydrogen-bond acceptors (Lipinski definition) is 3. The number of halogens is 3. The topological polar surface area (TPSA) is 54.9 Å². The number of guanidine groups is 1. The fraction of sp³-hybridized carbons (Fsp3) is 0.588. The van der Waals surface area contributed by atoms with Gasteiger partial charge in [-0.3, -0.25) is 4.99 Å². The van der Waals surface area contributed by atoms with Crippen LogP contribution in [0.1, 0.15) is 33.3 Å². The molecule has 8 heteroatoms. The Morgan fingerprint density at radius 2 is 1.92 bits per heavy atom. The van der Waals surface area contributed by atoms with Crippen molar-refractivity contribution in [1.82, 2.24) is 10.6 Å².